The van der Waals surface area contributed by atoms with Gasteiger partial charge < -0.3 is 10.5 Å². The van der Waals surface area contributed by atoms with Crippen LogP contribution in [0.5, 0.6) is 5.75 Å². The minimum atomic E-state index is 0.485. The first kappa shape index (κ1) is 16.3. The molecule has 0 aromatic heterocycles. The fourth-order valence-electron chi connectivity index (χ4n) is 3.74. The molecule has 1 aliphatic carbocycles. The maximum Gasteiger partial charge on any atom is 0.119 e. The van der Waals surface area contributed by atoms with Gasteiger partial charge in [0.05, 0.1) is 7.11 Å². The van der Waals surface area contributed by atoms with Crippen LogP contribution in [-0.4, -0.2) is 31.6 Å². The van der Waals surface area contributed by atoms with E-state index < -0.39 is 0 Å². The van der Waals surface area contributed by atoms with Crippen molar-refractivity contribution in [1.82, 2.24) is 4.90 Å². The molecule has 118 valence electrons. The molecule has 0 bridgehead atoms. The molecule has 1 aromatic rings. The summed E-state index contributed by atoms with van der Waals surface area (Å²) in [5, 5.41) is 0. The number of benzene rings is 1. The van der Waals surface area contributed by atoms with E-state index >= 15 is 0 Å². The van der Waals surface area contributed by atoms with Gasteiger partial charge in [-0.2, -0.15) is 0 Å². The largest absolute Gasteiger partial charge is 0.497 e. The molecule has 3 unspecified atom stereocenters. The monoisotopic (exact) mass is 290 g/mol. The highest BCUT2D eigenvalue weighted by Crippen LogP contribution is 2.32. The quantitative estimate of drug-likeness (QED) is 0.874. The Labute approximate surface area is 129 Å². The van der Waals surface area contributed by atoms with Crippen LogP contribution in [0.25, 0.3) is 0 Å². The molecule has 1 aliphatic rings. The van der Waals surface area contributed by atoms with Gasteiger partial charge in [0.15, 0.2) is 0 Å². The van der Waals surface area contributed by atoms with E-state index in [9.17, 15) is 0 Å². The highest BCUT2D eigenvalue weighted by Gasteiger charge is 2.28. The Bertz CT molecular complexity index is 435. The molecule has 1 aromatic carbocycles. The van der Waals surface area contributed by atoms with E-state index in [1.54, 1.807) is 7.11 Å². The lowest BCUT2D eigenvalue weighted by Gasteiger charge is -2.38. The molecule has 0 radical (unpaired) electrons. The molecular weight excluding hydrogens is 260 g/mol. The molecule has 2 rings (SSSR count). The van der Waals surface area contributed by atoms with Crippen LogP contribution in [0.1, 0.15) is 38.2 Å². The van der Waals surface area contributed by atoms with Gasteiger partial charge in [-0.25, -0.2) is 0 Å². The summed E-state index contributed by atoms with van der Waals surface area (Å²) in [6, 6.07) is 8.82. The Balaban J connectivity index is 2.00. The number of likely N-dealkylation sites (N-methyl/N-ethyl adjacent to an activating group) is 1. The molecule has 3 heteroatoms. The first-order valence-corrected chi connectivity index (χ1v) is 8.17. The molecular formula is C18H30N2O. The second kappa shape index (κ2) is 7.81. The second-order valence-corrected chi connectivity index (χ2v) is 6.60. The molecule has 0 aliphatic heterocycles. The molecule has 3 nitrogen and oxygen atoms in total. The number of ether oxygens (including phenoxy) is 1. The smallest absolute Gasteiger partial charge is 0.119 e. The minimum absolute atomic E-state index is 0.485. The number of hydrogen-bond acceptors (Lipinski definition) is 3. The number of nitrogens with two attached hydrogens (primary N) is 1. The number of hydrogen-bond donors (Lipinski definition) is 1. The summed E-state index contributed by atoms with van der Waals surface area (Å²) in [5.74, 6) is 2.52. The lowest BCUT2D eigenvalue weighted by Crippen LogP contribution is -2.44. The maximum atomic E-state index is 6.09. The van der Waals surface area contributed by atoms with E-state index in [0.29, 0.717) is 6.04 Å². The van der Waals surface area contributed by atoms with E-state index in [1.807, 2.05) is 6.07 Å². The normalized spacial score (nSPS) is 24.0. The van der Waals surface area contributed by atoms with Crippen molar-refractivity contribution >= 4 is 0 Å². The summed E-state index contributed by atoms with van der Waals surface area (Å²) in [6.45, 7) is 4.06. The van der Waals surface area contributed by atoms with E-state index in [2.05, 4.69) is 37.1 Å². The average Bonchev–Trinajstić information content (AvgIpc) is 2.48. The van der Waals surface area contributed by atoms with Gasteiger partial charge >= 0.3 is 0 Å². The van der Waals surface area contributed by atoms with Crippen molar-refractivity contribution in [3.63, 3.8) is 0 Å². The Morgan fingerprint density at radius 2 is 2.19 bits per heavy atom. The third kappa shape index (κ3) is 4.45. The average molecular weight is 290 g/mol. The van der Waals surface area contributed by atoms with Crippen molar-refractivity contribution in [2.24, 2.45) is 17.6 Å². The van der Waals surface area contributed by atoms with Crippen LogP contribution in [0.3, 0.4) is 0 Å². The van der Waals surface area contributed by atoms with Gasteiger partial charge in [-0.15, -0.1) is 0 Å². The van der Waals surface area contributed by atoms with Gasteiger partial charge in [-0.3, -0.25) is 4.90 Å². The molecule has 3 atom stereocenters. The zero-order valence-electron chi connectivity index (χ0n) is 13.7. The van der Waals surface area contributed by atoms with Crippen LogP contribution in [0.15, 0.2) is 24.3 Å². The van der Waals surface area contributed by atoms with Crippen LogP contribution in [0.4, 0.5) is 0 Å². The van der Waals surface area contributed by atoms with Crippen LogP contribution >= 0.6 is 0 Å². The molecule has 0 saturated heterocycles. The maximum absolute atomic E-state index is 6.09. The summed E-state index contributed by atoms with van der Waals surface area (Å²) >= 11 is 0. The fourth-order valence-corrected chi connectivity index (χ4v) is 3.74. The molecule has 2 N–H and O–H groups in total. The van der Waals surface area contributed by atoms with Gasteiger partial charge in [-0.1, -0.05) is 31.9 Å². The Kier molecular flexibility index (Phi) is 6.07. The summed E-state index contributed by atoms with van der Waals surface area (Å²) in [4.78, 5) is 2.43. The van der Waals surface area contributed by atoms with Gasteiger partial charge in [-0.05, 0) is 49.4 Å². The minimum Gasteiger partial charge on any atom is -0.497 e. The lowest BCUT2D eigenvalue weighted by molar-refractivity contribution is 0.125. The van der Waals surface area contributed by atoms with Crippen LogP contribution in [0, 0.1) is 11.8 Å². The third-order valence-electron chi connectivity index (χ3n) is 4.89. The highest BCUT2D eigenvalue weighted by atomic mass is 16.5. The van der Waals surface area contributed by atoms with E-state index in [4.69, 9.17) is 10.5 Å². The summed E-state index contributed by atoms with van der Waals surface area (Å²) in [5.41, 5.74) is 7.38. The first-order chi connectivity index (χ1) is 10.1. The number of rotatable bonds is 6. The molecule has 1 saturated carbocycles. The fraction of sp³-hybridized carbons (Fsp3) is 0.667. The molecule has 1 fully saturated rings. The van der Waals surface area contributed by atoms with E-state index in [1.165, 1.54) is 31.2 Å². The van der Waals surface area contributed by atoms with Crippen molar-refractivity contribution in [3.8, 4) is 5.75 Å². The highest BCUT2D eigenvalue weighted by molar-refractivity contribution is 5.28. The van der Waals surface area contributed by atoms with Gasteiger partial charge in [0.2, 0.25) is 0 Å². The van der Waals surface area contributed by atoms with Crippen molar-refractivity contribution in [3.05, 3.63) is 29.8 Å². The zero-order valence-corrected chi connectivity index (χ0v) is 13.7. The standard InChI is InChI=1S/C18H30N2O/c1-14-6-4-8-16(10-14)18(12-19)20(2)13-15-7-5-9-17(11-15)21-3/h5,7,9,11,14,16,18H,4,6,8,10,12-13,19H2,1-3H3. The zero-order chi connectivity index (χ0) is 15.2. The molecule has 21 heavy (non-hydrogen) atoms. The van der Waals surface area contributed by atoms with E-state index in [0.717, 1.165) is 30.7 Å². The van der Waals surface area contributed by atoms with Gasteiger partial charge in [0.25, 0.3) is 0 Å². The molecule has 0 heterocycles. The van der Waals surface area contributed by atoms with Crippen LogP contribution in [-0.2, 0) is 6.54 Å². The van der Waals surface area contributed by atoms with Crippen LogP contribution < -0.4 is 10.5 Å². The van der Waals surface area contributed by atoms with Crippen molar-refractivity contribution < 1.29 is 4.74 Å². The summed E-state index contributed by atoms with van der Waals surface area (Å²) < 4.78 is 5.31. The number of nitrogens with zero attached hydrogens (tertiary/aromatic N) is 1. The molecule has 0 spiro atoms. The first-order valence-electron chi connectivity index (χ1n) is 8.17. The SMILES string of the molecule is COc1cccc(CN(C)C(CN)C2CCCC(C)C2)c1. The van der Waals surface area contributed by atoms with Crippen molar-refractivity contribution in [1.29, 1.82) is 0 Å². The van der Waals surface area contributed by atoms with Crippen LogP contribution in [0.2, 0.25) is 0 Å². The Morgan fingerprint density at radius 1 is 1.38 bits per heavy atom. The van der Waals surface area contributed by atoms with E-state index in [-0.39, 0.29) is 0 Å². The summed E-state index contributed by atoms with van der Waals surface area (Å²) in [7, 11) is 3.92. The number of methoxy groups -OCH3 is 1. The molecule has 0 amide bonds. The van der Waals surface area contributed by atoms with Crippen molar-refractivity contribution in [2.75, 3.05) is 20.7 Å². The summed E-state index contributed by atoms with van der Waals surface area (Å²) in [6.07, 6.45) is 5.39. The Hall–Kier alpha value is -1.06. The predicted octanol–water partition coefficient (Wildman–Crippen LogP) is 3.28. The lowest BCUT2D eigenvalue weighted by atomic mass is 9.78. The van der Waals surface area contributed by atoms with Gasteiger partial charge in [0, 0.05) is 19.1 Å². The Morgan fingerprint density at radius 3 is 2.86 bits per heavy atom. The second-order valence-electron chi connectivity index (χ2n) is 6.60. The topological polar surface area (TPSA) is 38.5 Å². The van der Waals surface area contributed by atoms with Crippen molar-refractivity contribution in [2.45, 2.75) is 45.2 Å². The predicted molar refractivity (Wildman–Crippen MR) is 88.4 cm³/mol. The van der Waals surface area contributed by atoms with Gasteiger partial charge in [0.1, 0.15) is 5.75 Å². The third-order valence-corrected chi connectivity index (χ3v) is 4.89.